The van der Waals surface area contributed by atoms with E-state index in [0.717, 1.165) is 4.88 Å². The lowest BCUT2D eigenvalue weighted by Crippen LogP contribution is -2.26. The lowest BCUT2D eigenvalue weighted by atomic mass is 10.2. The Labute approximate surface area is 154 Å². The van der Waals surface area contributed by atoms with Gasteiger partial charge in [0.2, 0.25) is 0 Å². The lowest BCUT2D eigenvalue weighted by molar-refractivity contribution is 0.0775. The number of aryl methyl sites for hydroxylation is 1. The maximum atomic E-state index is 12.5. The van der Waals surface area contributed by atoms with Crippen LogP contribution in [0.5, 0.6) is 5.75 Å². The van der Waals surface area contributed by atoms with Crippen molar-refractivity contribution in [2.75, 3.05) is 7.05 Å². The summed E-state index contributed by atoms with van der Waals surface area (Å²) in [6.45, 7) is 2.70. The Kier molecular flexibility index (Phi) is 5.35. The van der Waals surface area contributed by atoms with Crippen LogP contribution in [0.4, 0.5) is 0 Å². The third-order valence-electron chi connectivity index (χ3n) is 3.53. The number of thiophene rings is 1. The second kappa shape index (κ2) is 7.67. The number of amides is 1. The molecule has 3 aromatic rings. The largest absolute Gasteiger partial charge is 0.484 e. The van der Waals surface area contributed by atoms with Gasteiger partial charge in [-0.2, -0.15) is 0 Å². The highest BCUT2D eigenvalue weighted by Gasteiger charge is 2.18. The summed E-state index contributed by atoms with van der Waals surface area (Å²) in [6, 6.07) is 5.26. The first-order valence-corrected chi connectivity index (χ1v) is 8.76. The summed E-state index contributed by atoms with van der Waals surface area (Å²) < 4.78 is 10.7. The molecule has 3 rings (SSSR count). The van der Waals surface area contributed by atoms with Gasteiger partial charge in [-0.3, -0.25) is 9.78 Å². The molecule has 0 bridgehead atoms. The summed E-state index contributed by atoms with van der Waals surface area (Å²) >= 11 is 7.48. The molecule has 0 radical (unpaired) electrons. The van der Waals surface area contributed by atoms with Gasteiger partial charge in [0.15, 0.2) is 11.5 Å². The summed E-state index contributed by atoms with van der Waals surface area (Å²) in [7, 11) is 1.74. The second-order valence-corrected chi connectivity index (χ2v) is 6.93. The van der Waals surface area contributed by atoms with E-state index in [1.165, 1.54) is 11.8 Å². The molecule has 0 unspecified atom stereocenters. The third-order valence-corrected chi connectivity index (χ3v) is 4.75. The fourth-order valence-corrected chi connectivity index (χ4v) is 3.28. The number of carbonyl (C=O) groups is 1. The van der Waals surface area contributed by atoms with Crippen molar-refractivity contribution < 1.29 is 14.1 Å². The van der Waals surface area contributed by atoms with Gasteiger partial charge in [0.1, 0.15) is 12.4 Å². The zero-order chi connectivity index (χ0) is 17.8. The molecule has 0 atom stereocenters. The molecule has 3 heterocycles. The molecule has 8 heteroatoms. The quantitative estimate of drug-likeness (QED) is 0.650. The normalized spacial score (nSPS) is 10.7. The summed E-state index contributed by atoms with van der Waals surface area (Å²) in [5.41, 5.74) is 1.42. The number of rotatable bonds is 6. The van der Waals surface area contributed by atoms with Crippen LogP contribution >= 0.6 is 22.9 Å². The van der Waals surface area contributed by atoms with E-state index in [1.54, 1.807) is 41.6 Å². The molecule has 0 aliphatic rings. The van der Waals surface area contributed by atoms with Gasteiger partial charge in [0.05, 0.1) is 17.8 Å². The van der Waals surface area contributed by atoms with Crippen molar-refractivity contribution in [1.82, 2.24) is 15.0 Å². The average Bonchev–Trinajstić information content (AvgIpc) is 3.22. The number of pyridine rings is 1. The van der Waals surface area contributed by atoms with E-state index in [1.807, 2.05) is 18.4 Å². The minimum atomic E-state index is -0.202. The number of nitrogens with zero attached hydrogens (tertiary/aromatic N) is 3. The fourth-order valence-electron chi connectivity index (χ4n) is 2.16. The smallest absolute Gasteiger partial charge is 0.276 e. The maximum absolute atomic E-state index is 12.5. The van der Waals surface area contributed by atoms with E-state index in [-0.39, 0.29) is 18.2 Å². The van der Waals surface area contributed by atoms with Gasteiger partial charge in [0.25, 0.3) is 5.91 Å². The highest BCUT2D eigenvalue weighted by atomic mass is 35.5. The molecule has 130 valence electrons. The molecule has 6 nitrogen and oxygen atoms in total. The molecule has 0 saturated carbocycles. The molecule has 0 N–H and O–H groups in total. The van der Waals surface area contributed by atoms with Gasteiger partial charge in [-0.25, -0.2) is 0 Å². The van der Waals surface area contributed by atoms with Crippen molar-refractivity contribution in [1.29, 1.82) is 0 Å². The fraction of sp³-hybridized carbons (Fsp3) is 0.235. The maximum Gasteiger partial charge on any atom is 0.276 e. The summed E-state index contributed by atoms with van der Waals surface area (Å²) in [5, 5.41) is 6.33. The Morgan fingerprint density at radius 3 is 2.96 bits per heavy atom. The summed E-state index contributed by atoms with van der Waals surface area (Å²) in [4.78, 5) is 19.1. The Balaban J connectivity index is 1.60. The predicted octanol–water partition coefficient (Wildman–Crippen LogP) is 3.94. The van der Waals surface area contributed by atoms with Crippen LogP contribution in [-0.2, 0) is 13.2 Å². The summed E-state index contributed by atoms with van der Waals surface area (Å²) in [6.07, 6.45) is 3.07. The highest BCUT2D eigenvalue weighted by Crippen LogP contribution is 2.19. The van der Waals surface area contributed by atoms with Crippen LogP contribution in [0.25, 0.3) is 0 Å². The molecule has 0 aliphatic carbocycles. The molecular formula is C17H16ClN3O3S. The Hall–Kier alpha value is -2.38. The average molecular weight is 378 g/mol. The molecular weight excluding hydrogens is 362 g/mol. The summed E-state index contributed by atoms with van der Waals surface area (Å²) in [5.74, 6) is 0.762. The van der Waals surface area contributed by atoms with Crippen LogP contribution in [-0.4, -0.2) is 28.0 Å². The lowest BCUT2D eigenvalue weighted by Gasteiger charge is -2.14. The topological polar surface area (TPSA) is 68.5 Å². The van der Waals surface area contributed by atoms with Crippen molar-refractivity contribution in [3.8, 4) is 5.75 Å². The minimum absolute atomic E-state index is 0.135. The van der Waals surface area contributed by atoms with Crippen LogP contribution < -0.4 is 4.74 Å². The number of ether oxygens (including phenoxy) is 1. The second-order valence-electron chi connectivity index (χ2n) is 5.49. The van der Waals surface area contributed by atoms with Gasteiger partial charge in [-0.1, -0.05) is 16.8 Å². The van der Waals surface area contributed by atoms with Crippen LogP contribution in [0.2, 0.25) is 5.02 Å². The van der Waals surface area contributed by atoms with Crippen molar-refractivity contribution in [2.45, 2.75) is 20.1 Å². The Bertz CT molecular complexity index is 877. The third kappa shape index (κ3) is 4.37. The van der Waals surface area contributed by atoms with Gasteiger partial charge in [-0.15, -0.1) is 11.3 Å². The van der Waals surface area contributed by atoms with Gasteiger partial charge in [0, 0.05) is 30.3 Å². The molecule has 0 fully saturated rings. The van der Waals surface area contributed by atoms with Crippen molar-refractivity contribution in [3.05, 3.63) is 62.9 Å². The van der Waals surface area contributed by atoms with E-state index >= 15 is 0 Å². The monoisotopic (exact) mass is 377 g/mol. The predicted molar refractivity (Wildman–Crippen MR) is 94.9 cm³/mol. The first-order valence-electron chi connectivity index (χ1n) is 7.50. The van der Waals surface area contributed by atoms with Crippen LogP contribution in [0.3, 0.4) is 0 Å². The van der Waals surface area contributed by atoms with Crippen LogP contribution in [0, 0.1) is 6.92 Å². The number of hydrogen-bond acceptors (Lipinski definition) is 6. The number of carbonyl (C=O) groups excluding carboxylic acids is 1. The Morgan fingerprint density at radius 1 is 1.40 bits per heavy atom. The van der Waals surface area contributed by atoms with Crippen LogP contribution in [0.1, 0.15) is 26.7 Å². The zero-order valence-corrected chi connectivity index (χ0v) is 15.3. The van der Waals surface area contributed by atoms with E-state index in [2.05, 4.69) is 10.1 Å². The van der Waals surface area contributed by atoms with Crippen molar-refractivity contribution >= 4 is 28.8 Å². The van der Waals surface area contributed by atoms with E-state index < -0.39 is 0 Å². The van der Waals surface area contributed by atoms with E-state index in [9.17, 15) is 4.79 Å². The molecule has 0 aliphatic heterocycles. The SMILES string of the molecule is Cc1ccsc1CN(C)C(=O)c1cc(COc2cncc(Cl)c2)on1. The molecule has 0 spiro atoms. The van der Waals surface area contributed by atoms with E-state index in [4.69, 9.17) is 20.9 Å². The van der Waals surface area contributed by atoms with Gasteiger partial charge in [-0.05, 0) is 23.9 Å². The van der Waals surface area contributed by atoms with Crippen LogP contribution in [0.15, 0.2) is 40.5 Å². The minimum Gasteiger partial charge on any atom is -0.484 e. The molecule has 0 saturated heterocycles. The van der Waals surface area contributed by atoms with Gasteiger partial charge < -0.3 is 14.2 Å². The van der Waals surface area contributed by atoms with Crippen molar-refractivity contribution in [2.24, 2.45) is 0 Å². The van der Waals surface area contributed by atoms with E-state index in [0.29, 0.717) is 23.1 Å². The number of hydrogen-bond donors (Lipinski definition) is 0. The standard InChI is InChI=1S/C17H16ClN3O3S/c1-11-3-4-25-16(11)9-21(2)17(22)15-6-14(24-20-15)10-23-13-5-12(18)7-19-8-13/h3-8H,9-10H2,1-2H3. The number of halogens is 1. The molecule has 3 aromatic heterocycles. The highest BCUT2D eigenvalue weighted by molar-refractivity contribution is 7.10. The van der Waals surface area contributed by atoms with Crippen molar-refractivity contribution in [3.63, 3.8) is 0 Å². The first-order chi connectivity index (χ1) is 12.0. The number of aromatic nitrogens is 2. The molecule has 1 amide bonds. The Morgan fingerprint density at radius 2 is 2.24 bits per heavy atom. The first kappa shape index (κ1) is 17.4. The van der Waals surface area contributed by atoms with Gasteiger partial charge >= 0.3 is 0 Å². The molecule has 0 aromatic carbocycles. The molecule has 25 heavy (non-hydrogen) atoms. The zero-order valence-electron chi connectivity index (χ0n) is 13.7.